The lowest BCUT2D eigenvalue weighted by atomic mass is 9.87. The summed E-state index contributed by atoms with van der Waals surface area (Å²) in [6.07, 6.45) is -3.89. The molecule has 1 fully saturated rings. The average Bonchev–Trinajstić information content (AvgIpc) is 2.35. The average molecular weight is 311 g/mol. The van der Waals surface area contributed by atoms with Crippen molar-refractivity contribution < 1.29 is 23.1 Å². The molecule has 1 aliphatic heterocycles. The molecule has 0 spiro atoms. The first kappa shape index (κ1) is 18.0. The second kappa shape index (κ2) is 7.31. The van der Waals surface area contributed by atoms with Crippen LogP contribution in [-0.4, -0.2) is 54.0 Å². The summed E-state index contributed by atoms with van der Waals surface area (Å²) in [5.41, 5.74) is 5.24. The minimum absolute atomic E-state index is 0.0608. The quantitative estimate of drug-likeness (QED) is 0.716. The standard InChI is InChI=1S/C13H24F3N3O2/c1-8(2)11(20)4-9-3-10(18-7-13(14,15)16)6-19(5-9)12(17)21/h8-11,18,20H,3-7H2,1-2H3,(H2,17,21). The second-order valence-electron chi connectivity index (χ2n) is 6.09. The van der Waals surface area contributed by atoms with Gasteiger partial charge in [-0.15, -0.1) is 0 Å². The topological polar surface area (TPSA) is 78.6 Å². The van der Waals surface area contributed by atoms with Crippen LogP contribution >= 0.6 is 0 Å². The monoisotopic (exact) mass is 311 g/mol. The van der Waals surface area contributed by atoms with Crippen LogP contribution in [0.5, 0.6) is 0 Å². The Morgan fingerprint density at radius 1 is 1.43 bits per heavy atom. The van der Waals surface area contributed by atoms with Crippen LogP contribution in [0.1, 0.15) is 26.7 Å². The van der Waals surface area contributed by atoms with E-state index in [0.717, 1.165) is 0 Å². The van der Waals surface area contributed by atoms with Gasteiger partial charge < -0.3 is 21.1 Å². The van der Waals surface area contributed by atoms with Gasteiger partial charge in [-0.25, -0.2) is 4.79 Å². The molecule has 5 nitrogen and oxygen atoms in total. The van der Waals surface area contributed by atoms with Crippen LogP contribution in [0.2, 0.25) is 0 Å². The Bertz CT molecular complexity index is 350. The zero-order valence-corrected chi connectivity index (χ0v) is 12.4. The van der Waals surface area contributed by atoms with Crippen LogP contribution < -0.4 is 11.1 Å². The Morgan fingerprint density at radius 2 is 2.05 bits per heavy atom. The molecule has 0 saturated carbocycles. The Morgan fingerprint density at radius 3 is 2.52 bits per heavy atom. The van der Waals surface area contributed by atoms with E-state index in [-0.39, 0.29) is 18.4 Å². The summed E-state index contributed by atoms with van der Waals surface area (Å²) in [4.78, 5) is 12.6. The number of carbonyl (C=O) groups is 1. The maximum atomic E-state index is 12.3. The number of urea groups is 1. The van der Waals surface area contributed by atoms with E-state index in [1.54, 1.807) is 0 Å². The first-order valence-electron chi connectivity index (χ1n) is 7.11. The molecule has 4 N–H and O–H groups in total. The van der Waals surface area contributed by atoms with Crippen molar-refractivity contribution in [2.24, 2.45) is 17.6 Å². The van der Waals surface area contributed by atoms with Gasteiger partial charge >= 0.3 is 12.2 Å². The Hall–Kier alpha value is -1.02. The predicted molar refractivity (Wildman–Crippen MR) is 72.6 cm³/mol. The third-order valence-electron chi connectivity index (χ3n) is 3.78. The number of carbonyl (C=O) groups excluding carboxylic acids is 1. The first-order chi connectivity index (χ1) is 9.58. The van der Waals surface area contributed by atoms with Crippen molar-refractivity contribution in [1.82, 2.24) is 10.2 Å². The van der Waals surface area contributed by atoms with Crippen LogP contribution in [0.15, 0.2) is 0 Å². The third-order valence-corrected chi connectivity index (χ3v) is 3.78. The number of nitrogens with one attached hydrogen (secondary N) is 1. The maximum Gasteiger partial charge on any atom is 0.401 e. The number of likely N-dealkylation sites (tertiary alicyclic amines) is 1. The zero-order chi connectivity index (χ0) is 16.2. The molecule has 2 amide bonds. The molecule has 1 rings (SSSR count). The summed E-state index contributed by atoms with van der Waals surface area (Å²) < 4.78 is 36.8. The molecule has 0 aromatic heterocycles. The lowest BCUT2D eigenvalue weighted by Crippen LogP contribution is -2.54. The molecule has 124 valence electrons. The van der Waals surface area contributed by atoms with E-state index < -0.39 is 30.9 Å². The number of hydrogen-bond donors (Lipinski definition) is 3. The van der Waals surface area contributed by atoms with Crippen LogP contribution in [0, 0.1) is 11.8 Å². The van der Waals surface area contributed by atoms with Crippen molar-refractivity contribution in [3.05, 3.63) is 0 Å². The lowest BCUT2D eigenvalue weighted by Gasteiger charge is -2.38. The molecule has 1 aliphatic rings. The summed E-state index contributed by atoms with van der Waals surface area (Å²) in [6, 6.07) is -1.10. The summed E-state index contributed by atoms with van der Waals surface area (Å²) in [6.45, 7) is 3.20. The molecule has 8 heteroatoms. The lowest BCUT2D eigenvalue weighted by molar-refractivity contribution is -0.127. The Kier molecular flexibility index (Phi) is 6.27. The van der Waals surface area contributed by atoms with Gasteiger partial charge in [-0.3, -0.25) is 0 Å². The maximum absolute atomic E-state index is 12.3. The Labute approximate surface area is 122 Å². The van der Waals surface area contributed by atoms with E-state index in [9.17, 15) is 23.1 Å². The fourth-order valence-electron chi connectivity index (χ4n) is 2.58. The van der Waals surface area contributed by atoms with Crippen molar-refractivity contribution in [3.63, 3.8) is 0 Å². The summed E-state index contributed by atoms with van der Waals surface area (Å²) >= 11 is 0. The minimum Gasteiger partial charge on any atom is -0.393 e. The summed E-state index contributed by atoms with van der Waals surface area (Å²) in [5, 5.41) is 12.3. The number of nitrogens with zero attached hydrogens (tertiary/aromatic N) is 1. The van der Waals surface area contributed by atoms with Gasteiger partial charge in [0.2, 0.25) is 0 Å². The molecule has 1 heterocycles. The zero-order valence-electron chi connectivity index (χ0n) is 12.4. The van der Waals surface area contributed by atoms with E-state index in [1.165, 1.54) is 4.90 Å². The number of halogens is 3. The number of rotatable bonds is 5. The molecular formula is C13H24F3N3O2. The summed E-state index contributed by atoms with van der Waals surface area (Å²) in [5.74, 6) is 0.00456. The van der Waals surface area contributed by atoms with E-state index in [1.807, 2.05) is 13.8 Å². The fraction of sp³-hybridized carbons (Fsp3) is 0.923. The van der Waals surface area contributed by atoms with Crippen LogP contribution in [0.4, 0.5) is 18.0 Å². The fourth-order valence-corrected chi connectivity index (χ4v) is 2.58. The largest absolute Gasteiger partial charge is 0.401 e. The van der Waals surface area contributed by atoms with Gasteiger partial charge in [0.05, 0.1) is 12.6 Å². The third kappa shape index (κ3) is 6.52. The van der Waals surface area contributed by atoms with Crippen molar-refractivity contribution in [3.8, 4) is 0 Å². The number of aliphatic hydroxyl groups is 1. The van der Waals surface area contributed by atoms with E-state index in [4.69, 9.17) is 5.73 Å². The SMILES string of the molecule is CC(C)C(O)CC1CC(NCC(F)(F)F)CN(C(N)=O)C1. The molecule has 1 saturated heterocycles. The highest BCUT2D eigenvalue weighted by Crippen LogP contribution is 2.24. The summed E-state index contributed by atoms with van der Waals surface area (Å²) in [7, 11) is 0. The smallest absolute Gasteiger partial charge is 0.393 e. The van der Waals surface area contributed by atoms with Gasteiger partial charge in [0.15, 0.2) is 0 Å². The molecule has 0 aliphatic carbocycles. The highest BCUT2D eigenvalue weighted by atomic mass is 19.4. The molecule has 0 aromatic carbocycles. The molecule has 3 atom stereocenters. The minimum atomic E-state index is -4.29. The van der Waals surface area contributed by atoms with E-state index in [2.05, 4.69) is 5.32 Å². The van der Waals surface area contributed by atoms with Crippen LogP contribution in [0.25, 0.3) is 0 Å². The normalized spacial score (nSPS) is 25.2. The molecule has 3 unspecified atom stereocenters. The Balaban J connectivity index is 2.62. The van der Waals surface area contributed by atoms with Gasteiger partial charge in [0.1, 0.15) is 0 Å². The molecule has 0 radical (unpaired) electrons. The number of nitrogens with two attached hydrogens (primary N) is 1. The number of primary amides is 1. The van der Waals surface area contributed by atoms with E-state index >= 15 is 0 Å². The molecular weight excluding hydrogens is 287 g/mol. The van der Waals surface area contributed by atoms with Gasteiger partial charge in [0, 0.05) is 19.1 Å². The van der Waals surface area contributed by atoms with Crippen molar-refractivity contribution in [2.45, 2.75) is 45.0 Å². The first-order valence-corrected chi connectivity index (χ1v) is 7.11. The van der Waals surface area contributed by atoms with Crippen molar-refractivity contribution in [1.29, 1.82) is 0 Å². The predicted octanol–water partition coefficient (Wildman–Crippen LogP) is 1.31. The number of piperidine rings is 1. The number of aliphatic hydroxyl groups excluding tert-OH is 1. The highest BCUT2D eigenvalue weighted by molar-refractivity contribution is 5.72. The van der Waals surface area contributed by atoms with Gasteiger partial charge in [0.25, 0.3) is 0 Å². The number of hydrogen-bond acceptors (Lipinski definition) is 3. The molecule has 0 aromatic rings. The molecule has 21 heavy (non-hydrogen) atoms. The van der Waals surface area contributed by atoms with E-state index in [0.29, 0.717) is 19.4 Å². The van der Waals surface area contributed by atoms with Gasteiger partial charge in [-0.05, 0) is 24.7 Å². The van der Waals surface area contributed by atoms with Crippen molar-refractivity contribution in [2.75, 3.05) is 19.6 Å². The molecule has 0 bridgehead atoms. The number of amides is 2. The van der Waals surface area contributed by atoms with Crippen molar-refractivity contribution >= 4 is 6.03 Å². The van der Waals surface area contributed by atoms with Crippen LogP contribution in [-0.2, 0) is 0 Å². The second-order valence-corrected chi connectivity index (χ2v) is 6.09. The number of alkyl halides is 3. The highest BCUT2D eigenvalue weighted by Gasteiger charge is 2.34. The van der Waals surface area contributed by atoms with Crippen LogP contribution in [0.3, 0.4) is 0 Å². The van der Waals surface area contributed by atoms with Gasteiger partial charge in [-0.1, -0.05) is 13.8 Å². The van der Waals surface area contributed by atoms with Gasteiger partial charge in [-0.2, -0.15) is 13.2 Å².